The van der Waals surface area contributed by atoms with Gasteiger partial charge in [0.1, 0.15) is 5.70 Å². The van der Waals surface area contributed by atoms with Gasteiger partial charge < -0.3 is 0 Å². The van der Waals surface area contributed by atoms with Crippen molar-refractivity contribution in [3.63, 3.8) is 0 Å². The molecular weight excluding hydrogens is 304 g/mol. The van der Waals surface area contributed by atoms with Gasteiger partial charge in [0, 0.05) is 24.5 Å². The lowest BCUT2D eigenvalue weighted by Crippen LogP contribution is -2.31. The van der Waals surface area contributed by atoms with Crippen LogP contribution in [0.25, 0.3) is 11.1 Å². The first-order chi connectivity index (χ1) is 12.3. The first-order valence-corrected chi connectivity index (χ1v) is 9.17. The molecule has 0 unspecified atom stereocenters. The monoisotopic (exact) mass is 327 g/mol. The highest BCUT2D eigenvalue weighted by Crippen LogP contribution is 2.52. The fraction of sp³-hybridized carbons (Fsp3) is 0.261. The zero-order valence-electron chi connectivity index (χ0n) is 14.8. The molecule has 25 heavy (non-hydrogen) atoms. The van der Waals surface area contributed by atoms with Gasteiger partial charge in [-0.3, -0.25) is 4.58 Å². The smallest absolute Gasteiger partial charge is 0.249 e. The van der Waals surface area contributed by atoms with Crippen molar-refractivity contribution in [2.45, 2.75) is 31.8 Å². The van der Waals surface area contributed by atoms with E-state index < -0.39 is 0 Å². The quantitative estimate of drug-likeness (QED) is 0.664. The zero-order chi connectivity index (χ0) is 17.0. The molecule has 0 fully saturated rings. The standard InChI is InChI=1S/C23H23N2/c1-16-24(2)22-20-14-8-6-12-18(20)19-13-7-9-15-21(19)23(22)25(16)17-10-4-3-5-11-17/h3-4,6-10,12-15,22-23H,5,11H2,1-2H3/q+1/t22-,23+/m1/s1. The van der Waals surface area contributed by atoms with Gasteiger partial charge in [-0.1, -0.05) is 60.7 Å². The Kier molecular flexibility index (Phi) is 3.21. The van der Waals surface area contributed by atoms with Crippen LogP contribution >= 0.6 is 0 Å². The molecule has 0 aromatic heterocycles. The Labute approximate surface area is 149 Å². The second-order valence-corrected chi connectivity index (χ2v) is 7.22. The molecule has 2 aliphatic carbocycles. The van der Waals surface area contributed by atoms with Crippen molar-refractivity contribution in [3.05, 3.63) is 83.6 Å². The van der Waals surface area contributed by atoms with E-state index in [1.54, 1.807) is 0 Å². The molecule has 0 saturated heterocycles. The van der Waals surface area contributed by atoms with E-state index in [9.17, 15) is 0 Å². The molecule has 2 aromatic carbocycles. The SMILES string of the molecule is CC1=[N+](C)[C@@H]2c3ccccc3-c3ccccc3[C@@H]2N1C1=CC=CCC1. The van der Waals surface area contributed by atoms with Crippen LogP contribution in [0.15, 0.2) is 72.5 Å². The van der Waals surface area contributed by atoms with E-state index in [4.69, 9.17) is 0 Å². The van der Waals surface area contributed by atoms with Gasteiger partial charge in [0.25, 0.3) is 0 Å². The minimum atomic E-state index is 0.355. The van der Waals surface area contributed by atoms with Crippen molar-refractivity contribution in [2.75, 3.05) is 7.05 Å². The van der Waals surface area contributed by atoms with Crippen LogP contribution in [0.5, 0.6) is 0 Å². The number of rotatable bonds is 1. The van der Waals surface area contributed by atoms with Crippen LogP contribution in [0.2, 0.25) is 0 Å². The molecule has 5 rings (SSSR count). The van der Waals surface area contributed by atoms with Crippen LogP contribution in [0.3, 0.4) is 0 Å². The normalized spacial score (nSPS) is 23.9. The summed E-state index contributed by atoms with van der Waals surface area (Å²) in [7, 11) is 2.25. The number of hydrogen-bond acceptors (Lipinski definition) is 1. The third-order valence-electron chi connectivity index (χ3n) is 6.00. The maximum atomic E-state index is 2.59. The molecule has 2 nitrogen and oxygen atoms in total. The van der Waals surface area contributed by atoms with E-state index in [1.807, 2.05) is 0 Å². The van der Waals surface area contributed by atoms with Crippen LogP contribution in [0, 0.1) is 0 Å². The maximum absolute atomic E-state index is 2.59. The molecule has 0 radical (unpaired) electrons. The Balaban J connectivity index is 1.77. The predicted octanol–water partition coefficient (Wildman–Crippen LogP) is 5.06. The average Bonchev–Trinajstić information content (AvgIpc) is 2.94. The summed E-state index contributed by atoms with van der Waals surface area (Å²) in [6.45, 7) is 2.27. The molecular formula is C23H23N2+. The molecule has 3 aliphatic rings. The summed E-state index contributed by atoms with van der Waals surface area (Å²) in [4.78, 5) is 2.59. The van der Waals surface area contributed by atoms with E-state index in [-0.39, 0.29) is 0 Å². The molecule has 2 aromatic rings. The number of amidine groups is 1. The van der Waals surface area contributed by atoms with E-state index in [0.29, 0.717) is 12.1 Å². The van der Waals surface area contributed by atoms with Crippen LogP contribution in [0.1, 0.15) is 43.0 Å². The minimum absolute atomic E-state index is 0.355. The van der Waals surface area contributed by atoms with Crippen LogP contribution < -0.4 is 0 Å². The molecule has 0 amide bonds. The molecule has 0 saturated carbocycles. The number of nitrogens with zero attached hydrogens (tertiary/aromatic N) is 2. The summed E-state index contributed by atoms with van der Waals surface area (Å²) in [5.74, 6) is 1.35. The summed E-state index contributed by atoms with van der Waals surface area (Å²) in [6, 6.07) is 18.6. The van der Waals surface area contributed by atoms with E-state index >= 15 is 0 Å². The predicted molar refractivity (Wildman–Crippen MR) is 103 cm³/mol. The summed E-state index contributed by atoms with van der Waals surface area (Å²) in [6.07, 6.45) is 9.03. The number of likely N-dealkylation sites (N-methyl/N-ethyl adjacent to an activating group) is 1. The highest BCUT2D eigenvalue weighted by atomic mass is 15.3. The van der Waals surface area contributed by atoms with E-state index in [0.717, 1.165) is 12.8 Å². The number of benzene rings is 2. The summed E-state index contributed by atoms with van der Waals surface area (Å²) < 4.78 is 2.47. The van der Waals surface area contributed by atoms with Crippen molar-refractivity contribution in [1.82, 2.24) is 4.90 Å². The first-order valence-electron chi connectivity index (χ1n) is 9.17. The lowest BCUT2D eigenvalue weighted by Gasteiger charge is -2.32. The zero-order valence-corrected chi connectivity index (χ0v) is 14.8. The highest BCUT2D eigenvalue weighted by Gasteiger charge is 2.51. The second-order valence-electron chi connectivity index (χ2n) is 7.22. The average molecular weight is 327 g/mol. The third kappa shape index (κ3) is 2.00. The molecule has 124 valence electrons. The Morgan fingerprint density at radius 3 is 2.36 bits per heavy atom. The number of allylic oxidation sites excluding steroid dienone is 4. The van der Waals surface area contributed by atoms with Gasteiger partial charge in [0.2, 0.25) is 5.84 Å². The highest BCUT2D eigenvalue weighted by molar-refractivity contribution is 5.83. The van der Waals surface area contributed by atoms with Crippen molar-refractivity contribution in [3.8, 4) is 11.1 Å². The lowest BCUT2D eigenvalue weighted by atomic mass is 9.79. The molecule has 0 bridgehead atoms. The van der Waals surface area contributed by atoms with Gasteiger partial charge >= 0.3 is 0 Å². The van der Waals surface area contributed by atoms with E-state index in [1.165, 1.54) is 33.8 Å². The summed E-state index contributed by atoms with van der Waals surface area (Å²) >= 11 is 0. The minimum Gasteiger partial charge on any atom is -0.257 e. The summed E-state index contributed by atoms with van der Waals surface area (Å²) in [5.41, 5.74) is 7.11. The van der Waals surface area contributed by atoms with Gasteiger partial charge in [-0.05, 0) is 23.6 Å². The van der Waals surface area contributed by atoms with Gasteiger partial charge in [-0.15, -0.1) is 0 Å². The van der Waals surface area contributed by atoms with Gasteiger partial charge in [0.05, 0.1) is 7.05 Å². The third-order valence-corrected chi connectivity index (χ3v) is 6.00. The Bertz CT molecular complexity index is 948. The van der Waals surface area contributed by atoms with Crippen molar-refractivity contribution in [1.29, 1.82) is 0 Å². The van der Waals surface area contributed by atoms with E-state index in [2.05, 4.69) is 90.2 Å². The van der Waals surface area contributed by atoms with Gasteiger partial charge in [-0.2, -0.15) is 0 Å². The topological polar surface area (TPSA) is 6.25 Å². The fourth-order valence-corrected chi connectivity index (χ4v) is 4.79. The van der Waals surface area contributed by atoms with Gasteiger partial charge in [0.15, 0.2) is 12.1 Å². The Morgan fingerprint density at radius 1 is 0.960 bits per heavy atom. The van der Waals surface area contributed by atoms with Crippen LogP contribution in [-0.4, -0.2) is 22.4 Å². The molecule has 1 aliphatic heterocycles. The van der Waals surface area contributed by atoms with Crippen molar-refractivity contribution in [2.24, 2.45) is 0 Å². The molecule has 1 heterocycles. The summed E-state index contributed by atoms with van der Waals surface area (Å²) in [5, 5.41) is 0. The van der Waals surface area contributed by atoms with Gasteiger partial charge in [-0.25, -0.2) is 4.90 Å². The lowest BCUT2D eigenvalue weighted by molar-refractivity contribution is -0.539. The first kappa shape index (κ1) is 14.7. The second kappa shape index (κ2) is 5.45. The van der Waals surface area contributed by atoms with Crippen LogP contribution in [0.4, 0.5) is 0 Å². The molecule has 2 atom stereocenters. The van der Waals surface area contributed by atoms with Crippen molar-refractivity contribution >= 4 is 5.84 Å². The Morgan fingerprint density at radius 2 is 1.64 bits per heavy atom. The maximum Gasteiger partial charge on any atom is 0.249 e. The van der Waals surface area contributed by atoms with Crippen molar-refractivity contribution < 1.29 is 4.58 Å². The number of fused-ring (bicyclic) bond motifs is 6. The Hall–Kier alpha value is -2.61. The number of hydrogen-bond donors (Lipinski definition) is 0. The largest absolute Gasteiger partial charge is 0.257 e. The molecule has 2 heteroatoms. The molecule has 0 N–H and O–H groups in total. The molecule has 0 spiro atoms. The van der Waals surface area contributed by atoms with Crippen LogP contribution in [-0.2, 0) is 0 Å². The fourth-order valence-electron chi connectivity index (χ4n) is 4.79.